The quantitative estimate of drug-likeness (QED) is 0.851. The van der Waals surface area contributed by atoms with E-state index in [4.69, 9.17) is 15.7 Å². The van der Waals surface area contributed by atoms with Gasteiger partial charge in [-0.15, -0.1) is 0 Å². The molecule has 5 heteroatoms. The number of hydrogen-bond acceptors (Lipinski definition) is 4. The van der Waals surface area contributed by atoms with Crippen LogP contribution in [0.5, 0.6) is 5.75 Å². The minimum absolute atomic E-state index is 0.171. The Hall–Kier alpha value is -2.06. The largest absolute Gasteiger partial charge is 0.491 e. The highest BCUT2D eigenvalue weighted by Crippen LogP contribution is 2.18. The molecule has 0 aromatic heterocycles. The smallest absolute Gasteiger partial charge is 0.234 e. The van der Waals surface area contributed by atoms with Gasteiger partial charge < -0.3 is 10.5 Å². The molecule has 1 unspecified atom stereocenters. The van der Waals surface area contributed by atoms with E-state index in [9.17, 15) is 4.79 Å². The number of primary amides is 1. The van der Waals surface area contributed by atoms with Crippen molar-refractivity contribution in [3.05, 3.63) is 29.8 Å². The highest BCUT2D eigenvalue weighted by atomic mass is 16.5. The Kier molecular flexibility index (Phi) is 4.37. The van der Waals surface area contributed by atoms with Gasteiger partial charge in [-0.3, -0.25) is 9.69 Å². The van der Waals surface area contributed by atoms with Crippen LogP contribution in [0.15, 0.2) is 24.3 Å². The summed E-state index contributed by atoms with van der Waals surface area (Å²) in [5, 5.41) is 8.94. The van der Waals surface area contributed by atoms with Crippen LogP contribution in [0, 0.1) is 11.3 Å². The number of likely N-dealkylation sites (tertiary alicyclic amines) is 1. The second kappa shape index (κ2) is 6.21. The Bertz CT molecular complexity index is 496. The highest BCUT2D eigenvalue weighted by molar-refractivity contribution is 5.80. The molecular formula is C14H17N3O2. The lowest BCUT2D eigenvalue weighted by atomic mass is 10.2. The normalized spacial score (nSPS) is 19.0. The maximum atomic E-state index is 11.2. The number of nitriles is 1. The van der Waals surface area contributed by atoms with E-state index in [1.165, 1.54) is 0 Å². The average molecular weight is 259 g/mol. The van der Waals surface area contributed by atoms with E-state index >= 15 is 0 Å². The molecule has 100 valence electrons. The highest BCUT2D eigenvalue weighted by Gasteiger charge is 2.28. The van der Waals surface area contributed by atoms with Gasteiger partial charge in [0.1, 0.15) is 18.4 Å². The van der Waals surface area contributed by atoms with Crippen molar-refractivity contribution in [2.45, 2.75) is 18.9 Å². The summed E-state index contributed by atoms with van der Waals surface area (Å²) < 4.78 is 5.60. The van der Waals surface area contributed by atoms with Gasteiger partial charge in [-0.05, 0) is 31.5 Å². The van der Waals surface area contributed by atoms with Gasteiger partial charge in [-0.1, -0.05) is 12.1 Å². The fraction of sp³-hybridized carbons (Fsp3) is 0.429. The van der Waals surface area contributed by atoms with Crippen LogP contribution in [-0.4, -0.2) is 36.5 Å². The Morgan fingerprint density at radius 3 is 3.05 bits per heavy atom. The molecule has 1 fully saturated rings. The second-order valence-corrected chi connectivity index (χ2v) is 4.55. The Morgan fingerprint density at radius 1 is 1.53 bits per heavy atom. The van der Waals surface area contributed by atoms with Crippen molar-refractivity contribution in [2.24, 2.45) is 5.73 Å². The fourth-order valence-electron chi connectivity index (χ4n) is 2.37. The number of rotatable bonds is 5. The fourth-order valence-corrected chi connectivity index (χ4v) is 2.37. The van der Waals surface area contributed by atoms with Crippen LogP contribution in [0.2, 0.25) is 0 Å². The summed E-state index contributed by atoms with van der Waals surface area (Å²) in [6, 6.07) is 9.04. The van der Waals surface area contributed by atoms with Gasteiger partial charge in [-0.2, -0.15) is 5.26 Å². The third-order valence-corrected chi connectivity index (χ3v) is 3.34. The van der Waals surface area contributed by atoms with Gasteiger partial charge in [-0.25, -0.2) is 0 Å². The van der Waals surface area contributed by atoms with Crippen LogP contribution < -0.4 is 10.5 Å². The summed E-state index contributed by atoms with van der Waals surface area (Å²) in [7, 11) is 0. The molecule has 1 aromatic rings. The van der Waals surface area contributed by atoms with Gasteiger partial charge >= 0.3 is 0 Å². The molecule has 2 N–H and O–H groups in total. The zero-order chi connectivity index (χ0) is 13.7. The van der Waals surface area contributed by atoms with Crippen LogP contribution in [0.1, 0.15) is 18.4 Å². The molecule has 1 atom stereocenters. The van der Waals surface area contributed by atoms with Crippen molar-refractivity contribution in [3.63, 3.8) is 0 Å². The van der Waals surface area contributed by atoms with Crippen molar-refractivity contribution in [3.8, 4) is 11.8 Å². The molecule has 0 saturated carbocycles. The zero-order valence-corrected chi connectivity index (χ0v) is 10.7. The lowest BCUT2D eigenvalue weighted by molar-refractivity contribution is -0.122. The number of carbonyl (C=O) groups is 1. The number of benzene rings is 1. The SMILES string of the molecule is N#Cc1ccccc1OCCN1CCCC1C(N)=O. The summed E-state index contributed by atoms with van der Waals surface area (Å²) in [5.74, 6) is 0.315. The standard InChI is InChI=1S/C14H17N3O2/c15-10-11-4-1-2-6-13(11)19-9-8-17-7-3-5-12(17)14(16)18/h1-2,4,6,12H,3,5,7-9H2,(H2,16,18). The minimum atomic E-state index is -0.269. The minimum Gasteiger partial charge on any atom is -0.491 e. The lowest BCUT2D eigenvalue weighted by Gasteiger charge is -2.21. The number of para-hydroxylation sites is 1. The van der Waals surface area contributed by atoms with E-state index in [1.54, 1.807) is 18.2 Å². The first kappa shape index (κ1) is 13.4. The van der Waals surface area contributed by atoms with Crippen LogP contribution >= 0.6 is 0 Å². The molecule has 1 amide bonds. The van der Waals surface area contributed by atoms with Crippen LogP contribution in [-0.2, 0) is 4.79 Å². The molecule has 5 nitrogen and oxygen atoms in total. The third-order valence-electron chi connectivity index (χ3n) is 3.34. The van der Waals surface area contributed by atoms with Crippen molar-refractivity contribution in [2.75, 3.05) is 19.7 Å². The summed E-state index contributed by atoms with van der Waals surface area (Å²) in [6.07, 6.45) is 1.81. The van der Waals surface area contributed by atoms with E-state index in [-0.39, 0.29) is 11.9 Å². The van der Waals surface area contributed by atoms with Crippen molar-refractivity contribution >= 4 is 5.91 Å². The predicted octanol–water partition coefficient (Wildman–Crippen LogP) is 0.887. The van der Waals surface area contributed by atoms with Crippen molar-refractivity contribution < 1.29 is 9.53 Å². The first-order chi connectivity index (χ1) is 9.22. The van der Waals surface area contributed by atoms with Crippen molar-refractivity contribution in [1.29, 1.82) is 5.26 Å². The molecular weight excluding hydrogens is 242 g/mol. The number of ether oxygens (including phenoxy) is 1. The molecule has 0 spiro atoms. The van der Waals surface area contributed by atoms with Gasteiger partial charge in [0.15, 0.2) is 0 Å². The first-order valence-corrected chi connectivity index (χ1v) is 6.37. The summed E-state index contributed by atoms with van der Waals surface area (Å²) in [4.78, 5) is 13.3. The molecule has 1 aliphatic rings. The maximum absolute atomic E-state index is 11.2. The van der Waals surface area contributed by atoms with Crippen molar-refractivity contribution in [1.82, 2.24) is 4.90 Å². The zero-order valence-electron chi connectivity index (χ0n) is 10.7. The van der Waals surface area contributed by atoms with E-state index in [0.717, 1.165) is 19.4 Å². The van der Waals surface area contributed by atoms with E-state index < -0.39 is 0 Å². The number of hydrogen-bond donors (Lipinski definition) is 1. The van der Waals surface area contributed by atoms with Gasteiger partial charge in [0.25, 0.3) is 0 Å². The van der Waals surface area contributed by atoms with Crippen LogP contribution in [0.4, 0.5) is 0 Å². The topological polar surface area (TPSA) is 79.3 Å². The van der Waals surface area contributed by atoms with E-state index in [2.05, 4.69) is 6.07 Å². The van der Waals surface area contributed by atoms with E-state index in [0.29, 0.717) is 24.5 Å². The molecule has 1 heterocycles. The van der Waals surface area contributed by atoms with Crippen LogP contribution in [0.25, 0.3) is 0 Å². The lowest BCUT2D eigenvalue weighted by Crippen LogP contribution is -2.42. The van der Waals surface area contributed by atoms with Gasteiger partial charge in [0.05, 0.1) is 11.6 Å². The molecule has 0 aliphatic carbocycles. The molecule has 1 aliphatic heterocycles. The summed E-state index contributed by atoms with van der Waals surface area (Å²) in [5.41, 5.74) is 5.88. The van der Waals surface area contributed by atoms with Crippen LogP contribution in [0.3, 0.4) is 0 Å². The maximum Gasteiger partial charge on any atom is 0.234 e. The number of nitrogens with zero attached hydrogens (tertiary/aromatic N) is 2. The first-order valence-electron chi connectivity index (χ1n) is 6.37. The number of nitrogens with two attached hydrogens (primary N) is 1. The summed E-state index contributed by atoms with van der Waals surface area (Å²) >= 11 is 0. The average Bonchev–Trinajstić information content (AvgIpc) is 2.88. The van der Waals surface area contributed by atoms with Gasteiger partial charge in [0.2, 0.25) is 5.91 Å². The Balaban J connectivity index is 1.87. The Morgan fingerprint density at radius 2 is 2.32 bits per heavy atom. The van der Waals surface area contributed by atoms with E-state index in [1.807, 2.05) is 11.0 Å². The third kappa shape index (κ3) is 3.24. The Labute approximate surface area is 112 Å². The number of amides is 1. The molecule has 1 aromatic carbocycles. The number of carbonyl (C=O) groups excluding carboxylic acids is 1. The van der Waals surface area contributed by atoms with Gasteiger partial charge in [0, 0.05) is 6.54 Å². The molecule has 0 radical (unpaired) electrons. The monoisotopic (exact) mass is 259 g/mol. The molecule has 19 heavy (non-hydrogen) atoms. The summed E-state index contributed by atoms with van der Waals surface area (Å²) in [6.45, 7) is 1.96. The molecule has 0 bridgehead atoms. The predicted molar refractivity (Wildman–Crippen MR) is 70.4 cm³/mol. The molecule has 2 rings (SSSR count). The second-order valence-electron chi connectivity index (χ2n) is 4.55. The molecule has 1 saturated heterocycles.